The third-order valence-corrected chi connectivity index (χ3v) is 2.84. The molecule has 6 nitrogen and oxygen atoms in total. The molecule has 19 heavy (non-hydrogen) atoms. The molecule has 0 fully saturated rings. The van der Waals surface area contributed by atoms with E-state index in [4.69, 9.17) is 16.9 Å². The number of halogens is 1. The van der Waals surface area contributed by atoms with Crippen molar-refractivity contribution in [2.75, 3.05) is 5.32 Å². The van der Waals surface area contributed by atoms with Crippen molar-refractivity contribution in [1.82, 2.24) is 0 Å². The summed E-state index contributed by atoms with van der Waals surface area (Å²) in [6.07, 6.45) is 0. The highest BCUT2D eigenvalue weighted by molar-refractivity contribution is 6.33. The number of nitro groups is 1. The highest BCUT2D eigenvalue weighted by Gasteiger charge is 2.23. The van der Waals surface area contributed by atoms with Gasteiger partial charge in [0.05, 0.1) is 21.7 Å². The largest absolute Gasteiger partial charge is 0.323 e. The number of rotatable bonds is 4. The van der Waals surface area contributed by atoms with Crippen LogP contribution >= 0.6 is 11.6 Å². The standard InChI is InChI=1S/C12H12ClN3O3/c1-7(2)9(6-14)12(17)15-11-5-8(16(18)19)3-4-10(11)13/h3-5,7,9H,1-2H3,(H,15,17). The zero-order chi connectivity index (χ0) is 14.6. The lowest BCUT2D eigenvalue weighted by atomic mass is 9.96. The molecule has 0 heterocycles. The molecular formula is C12H12ClN3O3. The number of benzene rings is 1. The second-order valence-electron chi connectivity index (χ2n) is 4.26. The van der Waals surface area contributed by atoms with E-state index in [1.165, 1.54) is 12.1 Å². The van der Waals surface area contributed by atoms with Crippen LogP contribution in [0, 0.1) is 33.3 Å². The van der Waals surface area contributed by atoms with Crippen molar-refractivity contribution in [2.45, 2.75) is 13.8 Å². The summed E-state index contributed by atoms with van der Waals surface area (Å²) in [4.78, 5) is 21.9. The summed E-state index contributed by atoms with van der Waals surface area (Å²) in [7, 11) is 0. The highest BCUT2D eigenvalue weighted by atomic mass is 35.5. The van der Waals surface area contributed by atoms with Gasteiger partial charge >= 0.3 is 0 Å². The van der Waals surface area contributed by atoms with Crippen LogP contribution in [-0.4, -0.2) is 10.8 Å². The summed E-state index contributed by atoms with van der Waals surface area (Å²) in [5.74, 6) is -1.53. The minimum absolute atomic E-state index is 0.127. The highest BCUT2D eigenvalue weighted by Crippen LogP contribution is 2.27. The van der Waals surface area contributed by atoms with Gasteiger partial charge in [-0.2, -0.15) is 5.26 Å². The Morgan fingerprint density at radius 2 is 2.16 bits per heavy atom. The van der Waals surface area contributed by atoms with Crippen LogP contribution in [0.15, 0.2) is 18.2 Å². The Bertz CT molecular complexity index is 552. The predicted molar refractivity (Wildman–Crippen MR) is 70.7 cm³/mol. The molecule has 0 aliphatic carbocycles. The molecule has 7 heteroatoms. The molecule has 0 saturated carbocycles. The third-order valence-electron chi connectivity index (χ3n) is 2.51. The zero-order valence-corrected chi connectivity index (χ0v) is 11.1. The summed E-state index contributed by atoms with van der Waals surface area (Å²) in [6, 6.07) is 5.61. The van der Waals surface area contributed by atoms with Crippen molar-refractivity contribution < 1.29 is 9.72 Å². The Kier molecular flexibility index (Phi) is 4.84. The van der Waals surface area contributed by atoms with Crippen LogP contribution in [0.25, 0.3) is 0 Å². The molecule has 100 valence electrons. The van der Waals surface area contributed by atoms with Crippen molar-refractivity contribution in [3.63, 3.8) is 0 Å². The van der Waals surface area contributed by atoms with Gasteiger partial charge in [0, 0.05) is 12.1 Å². The third kappa shape index (κ3) is 3.66. The Hall–Kier alpha value is -2.13. The smallest absolute Gasteiger partial charge is 0.271 e. The monoisotopic (exact) mass is 281 g/mol. The minimum atomic E-state index is -0.838. The number of non-ortho nitro benzene ring substituents is 1. The molecule has 1 aromatic rings. The summed E-state index contributed by atoms with van der Waals surface area (Å²) >= 11 is 5.85. The van der Waals surface area contributed by atoms with Crippen LogP contribution in [0.2, 0.25) is 5.02 Å². The number of amides is 1. The Balaban J connectivity index is 2.99. The lowest BCUT2D eigenvalue weighted by molar-refractivity contribution is -0.384. The van der Waals surface area contributed by atoms with E-state index in [0.717, 1.165) is 6.07 Å². The van der Waals surface area contributed by atoms with Gasteiger partial charge in [-0.1, -0.05) is 25.4 Å². The number of carbonyl (C=O) groups is 1. The fraction of sp³-hybridized carbons (Fsp3) is 0.333. The number of nitriles is 1. The lowest BCUT2D eigenvalue weighted by Gasteiger charge is -2.13. The van der Waals surface area contributed by atoms with Gasteiger partial charge in [-0.05, 0) is 12.0 Å². The van der Waals surface area contributed by atoms with Crippen molar-refractivity contribution >= 4 is 28.9 Å². The number of anilines is 1. The fourth-order valence-electron chi connectivity index (χ4n) is 1.44. The maximum absolute atomic E-state index is 11.9. The van der Waals surface area contributed by atoms with Gasteiger partial charge in [-0.3, -0.25) is 14.9 Å². The van der Waals surface area contributed by atoms with Crippen LogP contribution in [-0.2, 0) is 4.79 Å². The summed E-state index contributed by atoms with van der Waals surface area (Å²) in [5.41, 5.74) is -0.0560. The molecule has 1 aromatic carbocycles. The molecule has 0 saturated heterocycles. The normalized spacial score (nSPS) is 11.7. The van der Waals surface area contributed by atoms with Gasteiger partial charge in [0.15, 0.2) is 0 Å². The van der Waals surface area contributed by atoms with E-state index in [2.05, 4.69) is 5.32 Å². The number of nitrogens with one attached hydrogen (secondary N) is 1. The van der Waals surface area contributed by atoms with E-state index >= 15 is 0 Å². The van der Waals surface area contributed by atoms with Crippen LogP contribution in [0.1, 0.15) is 13.8 Å². The predicted octanol–water partition coefficient (Wildman–Crippen LogP) is 2.98. The Morgan fingerprint density at radius 3 is 2.63 bits per heavy atom. The average Bonchev–Trinajstić information content (AvgIpc) is 2.31. The number of hydrogen-bond acceptors (Lipinski definition) is 4. The first-order valence-corrected chi connectivity index (χ1v) is 5.89. The first kappa shape index (κ1) is 14.9. The summed E-state index contributed by atoms with van der Waals surface area (Å²) < 4.78 is 0. The van der Waals surface area contributed by atoms with Gasteiger partial charge in [-0.15, -0.1) is 0 Å². The number of carbonyl (C=O) groups excluding carboxylic acids is 1. The topological polar surface area (TPSA) is 96.0 Å². The first-order chi connectivity index (χ1) is 8.86. The molecule has 1 rings (SSSR count). The molecule has 0 aliphatic rings. The fourth-order valence-corrected chi connectivity index (χ4v) is 1.61. The van der Waals surface area contributed by atoms with E-state index in [9.17, 15) is 14.9 Å². The van der Waals surface area contributed by atoms with Gasteiger partial charge < -0.3 is 5.32 Å². The molecule has 0 aromatic heterocycles. The van der Waals surface area contributed by atoms with E-state index in [1.54, 1.807) is 13.8 Å². The van der Waals surface area contributed by atoms with E-state index in [1.807, 2.05) is 6.07 Å². The molecular weight excluding hydrogens is 270 g/mol. The second-order valence-corrected chi connectivity index (χ2v) is 4.67. The van der Waals surface area contributed by atoms with Crippen LogP contribution in [0.5, 0.6) is 0 Å². The van der Waals surface area contributed by atoms with Crippen LogP contribution < -0.4 is 5.32 Å². The quantitative estimate of drug-likeness (QED) is 0.678. The van der Waals surface area contributed by atoms with E-state index in [0.29, 0.717) is 0 Å². The van der Waals surface area contributed by atoms with Gasteiger partial charge in [0.1, 0.15) is 5.92 Å². The molecule has 0 spiro atoms. The molecule has 1 N–H and O–H groups in total. The summed E-state index contributed by atoms with van der Waals surface area (Å²) in [5, 5.41) is 22.2. The van der Waals surface area contributed by atoms with Gasteiger partial charge in [0.25, 0.3) is 5.69 Å². The van der Waals surface area contributed by atoms with E-state index in [-0.39, 0.29) is 22.3 Å². The van der Waals surface area contributed by atoms with Crippen LogP contribution in [0.4, 0.5) is 11.4 Å². The molecule has 0 radical (unpaired) electrons. The molecule has 1 atom stereocenters. The maximum atomic E-state index is 11.9. The molecule has 0 aliphatic heterocycles. The number of nitro benzene ring substituents is 1. The summed E-state index contributed by atoms with van der Waals surface area (Å²) in [6.45, 7) is 3.48. The lowest BCUT2D eigenvalue weighted by Crippen LogP contribution is -2.25. The van der Waals surface area contributed by atoms with Crippen molar-refractivity contribution in [3.8, 4) is 6.07 Å². The van der Waals surface area contributed by atoms with Crippen molar-refractivity contribution in [3.05, 3.63) is 33.3 Å². The molecule has 1 unspecified atom stereocenters. The average molecular weight is 282 g/mol. The molecule has 0 bridgehead atoms. The van der Waals surface area contributed by atoms with Crippen molar-refractivity contribution in [2.24, 2.45) is 11.8 Å². The van der Waals surface area contributed by atoms with Crippen molar-refractivity contribution in [1.29, 1.82) is 5.26 Å². The number of nitrogens with zero attached hydrogens (tertiary/aromatic N) is 2. The van der Waals surface area contributed by atoms with Gasteiger partial charge in [0.2, 0.25) is 5.91 Å². The first-order valence-electron chi connectivity index (χ1n) is 5.51. The SMILES string of the molecule is CC(C)C(C#N)C(=O)Nc1cc([N+](=O)[O-])ccc1Cl. The number of hydrogen-bond donors (Lipinski definition) is 1. The zero-order valence-electron chi connectivity index (χ0n) is 10.4. The minimum Gasteiger partial charge on any atom is -0.323 e. The van der Waals surface area contributed by atoms with Crippen LogP contribution in [0.3, 0.4) is 0 Å². The Labute approximate surface area is 115 Å². The second kappa shape index (κ2) is 6.16. The van der Waals surface area contributed by atoms with E-state index < -0.39 is 16.7 Å². The molecule has 1 amide bonds. The Morgan fingerprint density at radius 1 is 1.53 bits per heavy atom. The maximum Gasteiger partial charge on any atom is 0.271 e. The van der Waals surface area contributed by atoms with Gasteiger partial charge in [-0.25, -0.2) is 0 Å².